The Kier molecular flexibility index (Phi) is 9.72. The minimum Gasteiger partial charge on any atom is -0.497 e. The minimum atomic E-state index is -4.25. The summed E-state index contributed by atoms with van der Waals surface area (Å²) in [5, 5.41) is 13.2. The number of benzene rings is 1. The molecule has 0 aromatic heterocycles. The molecule has 3 atom stereocenters. The average molecular weight is 549 g/mol. The van der Waals surface area contributed by atoms with Crippen LogP contribution in [0.2, 0.25) is 0 Å². The van der Waals surface area contributed by atoms with E-state index in [2.05, 4.69) is 5.32 Å². The molecule has 3 rings (SSSR count). The monoisotopic (exact) mass is 549 g/mol. The number of fused-ring (bicyclic) bond motifs is 2. The summed E-state index contributed by atoms with van der Waals surface area (Å²) in [6, 6.07) is 3.97. The number of alkyl carbamates (subject to hydrolysis) is 1. The third kappa shape index (κ3) is 7.64. The molecule has 2 amide bonds. The van der Waals surface area contributed by atoms with Crippen LogP contribution in [0.3, 0.4) is 0 Å². The van der Waals surface area contributed by atoms with Gasteiger partial charge in [-0.2, -0.15) is 4.31 Å². The Bertz CT molecular complexity index is 1140. The van der Waals surface area contributed by atoms with Gasteiger partial charge >= 0.3 is 6.09 Å². The number of nitrogens with one attached hydrogen (secondary N) is 1. The summed E-state index contributed by atoms with van der Waals surface area (Å²) in [7, 11) is 3.21. The Morgan fingerprint density at radius 2 is 2.05 bits per heavy atom. The van der Waals surface area contributed by atoms with Crippen molar-refractivity contribution >= 4 is 29.9 Å². The number of rotatable bonds is 5. The van der Waals surface area contributed by atoms with Gasteiger partial charge in [-0.25, -0.2) is 13.2 Å². The molecule has 208 valence electrons. The van der Waals surface area contributed by atoms with Gasteiger partial charge in [0.05, 0.1) is 19.8 Å². The Morgan fingerprint density at radius 3 is 2.74 bits per heavy atom. The van der Waals surface area contributed by atoms with Crippen molar-refractivity contribution in [2.75, 3.05) is 33.4 Å². The first kappa shape index (κ1) is 29.8. The number of methoxy groups -OCH3 is 1. The molecule has 13 heteroatoms. The van der Waals surface area contributed by atoms with Gasteiger partial charge in [0.2, 0.25) is 15.9 Å². The fourth-order valence-corrected chi connectivity index (χ4v) is 5.83. The maximum Gasteiger partial charge on any atom is 0.407 e. The zero-order chi connectivity index (χ0) is 28.1. The van der Waals surface area contributed by atoms with Gasteiger partial charge in [0.15, 0.2) is 0 Å². The second kappa shape index (κ2) is 12.4. The summed E-state index contributed by atoms with van der Waals surface area (Å²) in [6.07, 6.45) is 2.69. The van der Waals surface area contributed by atoms with Gasteiger partial charge in [-0.15, -0.1) is 0 Å². The van der Waals surface area contributed by atoms with Crippen molar-refractivity contribution in [3.05, 3.63) is 30.4 Å². The lowest BCUT2D eigenvalue weighted by Crippen LogP contribution is -2.52. The molecule has 2 aliphatic heterocycles. The SMILES string of the molecule is [B][C@H](NC(=O)OC(C)(C)C)[C@H](O)CN1C[C@H]2CCC(=O)N2C/C=C/CCOc2cc(OC)ccc2S1(=O)=O. The largest absolute Gasteiger partial charge is 0.497 e. The molecule has 0 saturated carbocycles. The van der Waals surface area contributed by atoms with Crippen molar-refractivity contribution in [1.29, 1.82) is 0 Å². The third-order valence-electron chi connectivity index (χ3n) is 6.14. The van der Waals surface area contributed by atoms with E-state index in [-0.39, 0.29) is 29.7 Å². The number of sulfonamides is 1. The van der Waals surface area contributed by atoms with E-state index in [0.717, 1.165) is 4.31 Å². The number of ether oxygens (including phenoxy) is 3. The molecule has 11 nitrogen and oxygen atoms in total. The van der Waals surface area contributed by atoms with Crippen molar-refractivity contribution in [2.24, 2.45) is 0 Å². The van der Waals surface area contributed by atoms with Gasteiger partial charge < -0.3 is 29.5 Å². The van der Waals surface area contributed by atoms with E-state index in [0.29, 0.717) is 31.6 Å². The van der Waals surface area contributed by atoms with Gasteiger partial charge in [-0.05, 0) is 45.7 Å². The number of aliphatic hydroxyl groups excluding tert-OH is 1. The van der Waals surface area contributed by atoms with Crippen LogP contribution in [0.1, 0.15) is 40.0 Å². The van der Waals surface area contributed by atoms with Gasteiger partial charge in [-0.3, -0.25) is 4.79 Å². The molecule has 1 aromatic rings. The Hall–Kier alpha value is -2.77. The highest BCUT2D eigenvalue weighted by Gasteiger charge is 2.38. The van der Waals surface area contributed by atoms with Crippen LogP contribution in [0, 0.1) is 0 Å². The van der Waals surface area contributed by atoms with Crippen LogP contribution in [-0.2, 0) is 19.6 Å². The van der Waals surface area contributed by atoms with Crippen LogP contribution in [-0.4, -0.2) is 99.6 Å². The number of carbonyl (C=O) groups is 2. The highest BCUT2D eigenvalue weighted by molar-refractivity contribution is 7.89. The van der Waals surface area contributed by atoms with Gasteiger partial charge in [-0.1, -0.05) is 12.2 Å². The molecular formula is C25H36BN3O8S. The lowest BCUT2D eigenvalue weighted by molar-refractivity contribution is -0.128. The van der Waals surface area contributed by atoms with E-state index in [1.54, 1.807) is 25.7 Å². The first-order valence-electron chi connectivity index (χ1n) is 12.5. The lowest BCUT2D eigenvalue weighted by atomic mass is 9.91. The number of amides is 2. The predicted octanol–water partition coefficient (Wildman–Crippen LogP) is 1.40. The summed E-state index contributed by atoms with van der Waals surface area (Å²) < 4.78 is 45.3. The first-order chi connectivity index (χ1) is 17.8. The topological polar surface area (TPSA) is 135 Å². The standard InChI is InChI=1S/C25H36BN3O8S/c1-25(2,3)37-24(32)27-23(26)19(30)16-28-15-17-8-11-22(31)29(17)12-6-5-7-13-36-20-14-18(35-4)9-10-21(20)38(28,33)34/h5-6,9-10,14,17,19,23,30H,7-8,11-13,15-16H2,1-4H3,(H,27,32)/b6-5+/t17-,19-,23-/m1/s1. The third-order valence-corrected chi connectivity index (χ3v) is 8.01. The van der Waals surface area contributed by atoms with Crippen molar-refractivity contribution in [3.8, 4) is 11.5 Å². The van der Waals surface area contributed by atoms with Gasteiger partial charge in [0.1, 0.15) is 29.8 Å². The van der Waals surface area contributed by atoms with Crippen LogP contribution in [0.15, 0.2) is 35.2 Å². The molecular weight excluding hydrogens is 513 g/mol. The van der Waals surface area contributed by atoms with Crippen molar-refractivity contribution in [1.82, 2.24) is 14.5 Å². The van der Waals surface area contributed by atoms with Crippen molar-refractivity contribution in [3.63, 3.8) is 0 Å². The summed E-state index contributed by atoms with van der Waals surface area (Å²) in [4.78, 5) is 26.2. The summed E-state index contributed by atoms with van der Waals surface area (Å²) >= 11 is 0. The van der Waals surface area contributed by atoms with E-state index in [9.17, 15) is 23.1 Å². The van der Waals surface area contributed by atoms with E-state index in [1.165, 1.54) is 25.3 Å². The van der Waals surface area contributed by atoms with Crippen LogP contribution >= 0.6 is 0 Å². The van der Waals surface area contributed by atoms with Crippen molar-refractivity contribution in [2.45, 2.75) is 68.6 Å². The van der Waals surface area contributed by atoms with Crippen LogP contribution in [0.4, 0.5) is 4.79 Å². The normalized spacial score (nSPS) is 22.8. The van der Waals surface area contributed by atoms with Crippen LogP contribution in [0.25, 0.3) is 0 Å². The van der Waals surface area contributed by atoms with Gasteiger partial charge in [0.25, 0.3) is 0 Å². The highest BCUT2D eigenvalue weighted by Crippen LogP contribution is 2.32. The first-order valence-corrected chi connectivity index (χ1v) is 13.9. The lowest BCUT2D eigenvalue weighted by Gasteiger charge is -2.33. The highest BCUT2D eigenvalue weighted by atomic mass is 32.2. The van der Waals surface area contributed by atoms with Crippen LogP contribution in [0.5, 0.6) is 11.5 Å². The Labute approximate surface area is 225 Å². The Morgan fingerprint density at radius 1 is 1.32 bits per heavy atom. The summed E-state index contributed by atoms with van der Waals surface area (Å²) in [5.74, 6) is -0.869. The molecule has 2 N–H and O–H groups in total. The molecule has 2 heterocycles. The molecule has 0 unspecified atom stereocenters. The Balaban J connectivity index is 1.95. The number of nitrogens with zero attached hydrogens (tertiary/aromatic N) is 2. The molecule has 1 saturated heterocycles. The van der Waals surface area contributed by atoms with Crippen molar-refractivity contribution < 1.29 is 37.3 Å². The number of aliphatic hydroxyl groups is 1. The zero-order valence-corrected chi connectivity index (χ0v) is 23.1. The number of hydrogen-bond acceptors (Lipinski definition) is 8. The predicted molar refractivity (Wildman–Crippen MR) is 141 cm³/mol. The smallest absolute Gasteiger partial charge is 0.407 e. The molecule has 1 fully saturated rings. The fraction of sp³-hybridized carbons (Fsp3) is 0.600. The molecule has 2 radical (unpaired) electrons. The fourth-order valence-electron chi connectivity index (χ4n) is 4.23. The quantitative estimate of drug-likeness (QED) is 0.416. The molecule has 1 aromatic carbocycles. The van der Waals surface area contributed by atoms with E-state index in [4.69, 9.17) is 22.1 Å². The zero-order valence-electron chi connectivity index (χ0n) is 22.3. The van der Waals surface area contributed by atoms with E-state index in [1.807, 2.05) is 12.2 Å². The summed E-state index contributed by atoms with van der Waals surface area (Å²) in [6.45, 7) is 5.05. The molecule has 0 aliphatic carbocycles. The average Bonchev–Trinajstić information content (AvgIpc) is 3.17. The second-order valence-corrected chi connectivity index (χ2v) is 12.1. The minimum absolute atomic E-state index is 0.0721. The summed E-state index contributed by atoms with van der Waals surface area (Å²) in [5.41, 5.74) is -0.786. The van der Waals surface area contributed by atoms with E-state index >= 15 is 0 Å². The molecule has 0 bridgehead atoms. The maximum atomic E-state index is 14.0. The molecule has 38 heavy (non-hydrogen) atoms. The molecule has 2 aliphatic rings. The van der Waals surface area contributed by atoms with Gasteiger partial charge in [0, 0.05) is 44.1 Å². The van der Waals surface area contributed by atoms with E-state index < -0.39 is 46.3 Å². The number of carbonyl (C=O) groups excluding carboxylic acids is 2. The molecule has 0 spiro atoms. The number of hydrogen-bond donors (Lipinski definition) is 2. The number of β-amino-alcohol motifs (C(OH)–C–C–N with tert-alkyl or cyclic N) is 1. The van der Waals surface area contributed by atoms with Crippen LogP contribution < -0.4 is 14.8 Å². The second-order valence-electron chi connectivity index (χ2n) is 10.2. The maximum absolute atomic E-state index is 14.0.